The van der Waals surface area contributed by atoms with Crippen molar-refractivity contribution in [3.8, 4) is 39.4 Å². The summed E-state index contributed by atoms with van der Waals surface area (Å²) in [6.45, 7) is 5.90. The van der Waals surface area contributed by atoms with Gasteiger partial charge in [-0.05, 0) is 99.8 Å². The van der Waals surface area contributed by atoms with Gasteiger partial charge in [0, 0.05) is 30.8 Å². The number of alkyl carbamates (subject to hydrolysis) is 2. The van der Waals surface area contributed by atoms with Crippen LogP contribution in [0.4, 0.5) is 9.59 Å². The number of hydrogen-bond acceptors (Lipinski definition) is 12. The summed E-state index contributed by atoms with van der Waals surface area (Å²) in [6, 6.07) is 13.2. The number of likely N-dealkylation sites (tertiary alicyclic amines) is 1. The van der Waals surface area contributed by atoms with Gasteiger partial charge in [0.25, 0.3) is 5.91 Å². The van der Waals surface area contributed by atoms with E-state index in [-0.39, 0.29) is 42.6 Å². The van der Waals surface area contributed by atoms with Crippen LogP contribution in [-0.2, 0) is 41.9 Å². The molecule has 2 saturated heterocycles. The van der Waals surface area contributed by atoms with E-state index in [1.807, 2.05) is 44.2 Å². The first-order valence-electron chi connectivity index (χ1n) is 23.0. The lowest BCUT2D eigenvalue weighted by atomic mass is 9.98. The number of carbonyl (C=O) groups excluding carboxylic acids is 4. The SMILES string of the molecule is CC(C)C(NC(=O)OC1CC1)C(=O)N1CCCC1(S)c1nc2c([nH]1)COc1cc(-c3ccc(-c4nc5[nH]c4COCCCCC(S)(NC(=O)OC4CC4)C(=O)N4CCCC54)cc3)ccc1-2. The van der Waals surface area contributed by atoms with Crippen molar-refractivity contribution in [1.82, 2.24) is 40.4 Å². The van der Waals surface area contributed by atoms with Crippen LogP contribution in [0.1, 0.15) is 114 Å². The third-order valence-electron chi connectivity index (χ3n) is 13.3. The number of benzene rings is 2. The molecule has 4 aliphatic heterocycles. The van der Waals surface area contributed by atoms with Crippen molar-refractivity contribution in [3.63, 3.8) is 0 Å². The number of rotatable bonds is 9. The van der Waals surface area contributed by atoms with Crippen LogP contribution in [0.3, 0.4) is 0 Å². The number of fused-ring (bicyclic) bond motifs is 7. The Morgan fingerprint density at radius 1 is 0.815 bits per heavy atom. The van der Waals surface area contributed by atoms with Crippen molar-refractivity contribution >= 4 is 49.3 Å². The van der Waals surface area contributed by atoms with Gasteiger partial charge in [-0.25, -0.2) is 19.6 Å². The van der Waals surface area contributed by atoms with Crippen LogP contribution in [0.25, 0.3) is 33.6 Å². The molecule has 18 heteroatoms. The average molecular weight is 925 g/mol. The van der Waals surface area contributed by atoms with E-state index in [0.717, 1.165) is 90.0 Å². The fraction of sp³-hybridized carbons (Fsp3) is 0.532. The van der Waals surface area contributed by atoms with E-state index < -0.39 is 28.0 Å². The minimum Gasteiger partial charge on any atom is -0.487 e. The largest absolute Gasteiger partial charge is 0.487 e. The molecular weight excluding hydrogens is 869 g/mol. The van der Waals surface area contributed by atoms with Gasteiger partial charge in [0.15, 0.2) is 4.87 Å². The Balaban J connectivity index is 0.863. The summed E-state index contributed by atoms with van der Waals surface area (Å²) in [6.07, 6.45) is 6.53. The topological polar surface area (TPSA) is 193 Å². The molecule has 10 rings (SSSR count). The van der Waals surface area contributed by atoms with Crippen LogP contribution >= 0.6 is 25.3 Å². The van der Waals surface area contributed by atoms with E-state index in [2.05, 4.69) is 32.7 Å². The first kappa shape index (κ1) is 43.7. The highest BCUT2D eigenvalue weighted by Gasteiger charge is 2.49. The summed E-state index contributed by atoms with van der Waals surface area (Å²) in [5, 5.41) is 5.62. The maximum absolute atomic E-state index is 14.2. The van der Waals surface area contributed by atoms with Crippen molar-refractivity contribution in [2.24, 2.45) is 5.92 Å². The Morgan fingerprint density at radius 3 is 2.29 bits per heavy atom. The number of ether oxygens (including phenoxy) is 4. The zero-order chi connectivity index (χ0) is 45.0. The second kappa shape index (κ2) is 17.5. The minimum absolute atomic E-state index is 0.0686. The number of thiol groups is 2. The van der Waals surface area contributed by atoms with Crippen molar-refractivity contribution in [2.45, 2.75) is 132 Å². The number of amides is 4. The summed E-state index contributed by atoms with van der Waals surface area (Å²) in [4.78, 5) is 71.9. The normalized spacial score (nSPS) is 24.7. The fourth-order valence-electron chi connectivity index (χ4n) is 9.42. The molecule has 6 heterocycles. The lowest BCUT2D eigenvalue weighted by Crippen LogP contribution is -2.56. The first-order chi connectivity index (χ1) is 31.4. The van der Waals surface area contributed by atoms with Gasteiger partial charge in [-0.2, -0.15) is 0 Å². The third kappa shape index (κ3) is 8.80. The molecule has 4 aromatic rings. The highest BCUT2D eigenvalue weighted by Crippen LogP contribution is 2.46. The number of H-pyrrole nitrogens is 2. The van der Waals surface area contributed by atoms with E-state index in [1.54, 1.807) is 9.80 Å². The van der Waals surface area contributed by atoms with E-state index >= 15 is 0 Å². The molecule has 6 aliphatic rings. The molecule has 4 atom stereocenters. The zero-order valence-electron chi connectivity index (χ0n) is 36.7. The molecule has 4 amide bonds. The molecule has 344 valence electrons. The quantitative estimate of drug-likeness (QED) is 0.0723. The number of aromatic amines is 2. The smallest absolute Gasteiger partial charge is 0.408 e. The molecular formula is C47H56N8O8S2. The van der Waals surface area contributed by atoms with Gasteiger partial charge >= 0.3 is 12.2 Å². The standard InChI is InChI=1S/C47H56N8O8S2/c1-26(2)37(52-44(58)62-30-13-14-30)41(56)55-21-6-19-47(55,65)42-49-34-25-61-36-23-29(12-17-32(36)39(34)51-42)27-8-10-28(11-9-27)38-33-24-60-22-4-3-18-46(64,53-45(59)63-31-15-16-31)43(57)54-20-5-7-35(54)40(48-33)50-38/h8-12,17,23,26,30-31,35,37,64-65H,3-7,13-16,18-22,24-25H2,1-2H3,(H,48,50)(H,49,51)(H,52,58)(H,53,59). The Bertz CT molecular complexity index is 2490. The molecule has 4 N–H and O–H groups in total. The molecule has 65 heavy (non-hydrogen) atoms. The van der Waals surface area contributed by atoms with Gasteiger partial charge < -0.3 is 44.0 Å². The van der Waals surface area contributed by atoms with Crippen LogP contribution in [0.15, 0.2) is 42.5 Å². The van der Waals surface area contributed by atoms with Crippen molar-refractivity contribution in [2.75, 3.05) is 19.7 Å². The lowest BCUT2D eigenvalue weighted by molar-refractivity contribution is -0.137. The number of nitrogens with one attached hydrogen (secondary N) is 4. The summed E-state index contributed by atoms with van der Waals surface area (Å²) in [5.74, 6) is 1.30. The maximum atomic E-state index is 14.2. The van der Waals surface area contributed by atoms with Crippen molar-refractivity contribution in [3.05, 3.63) is 65.5 Å². The molecule has 2 saturated carbocycles. The Hall–Kier alpha value is -5.20. The van der Waals surface area contributed by atoms with Crippen molar-refractivity contribution in [1.29, 1.82) is 0 Å². The molecule has 0 radical (unpaired) electrons. The Kier molecular flexibility index (Phi) is 11.8. The lowest BCUT2D eigenvalue weighted by Gasteiger charge is -2.36. The second-order valence-corrected chi connectivity index (χ2v) is 20.1. The summed E-state index contributed by atoms with van der Waals surface area (Å²) in [7, 11) is 0. The van der Waals surface area contributed by atoms with E-state index in [0.29, 0.717) is 69.4 Å². The van der Waals surface area contributed by atoms with Gasteiger partial charge in [-0.3, -0.25) is 14.9 Å². The summed E-state index contributed by atoms with van der Waals surface area (Å²) in [5.41, 5.74) is 6.85. The van der Waals surface area contributed by atoms with E-state index in [1.165, 1.54) is 0 Å². The van der Waals surface area contributed by atoms with Gasteiger partial charge in [0.1, 0.15) is 47.1 Å². The van der Waals surface area contributed by atoms with Crippen LogP contribution in [0.5, 0.6) is 5.75 Å². The fourth-order valence-corrected chi connectivity index (χ4v) is 10.3. The predicted molar refractivity (Wildman–Crippen MR) is 246 cm³/mol. The van der Waals surface area contributed by atoms with Gasteiger partial charge in [-0.1, -0.05) is 44.2 Å². The average Bonchev–Trinajstić information content (AvgIpc) is 4.02. The Morgan fingerprint density at radius 2 is 1.54 bits per heavy atom. The van der Waals surface area contributed by atoms with Gasteiger partial charge in [0.05, 0.1) is 35.4 Å². The molecule has 2 aliphatic carbocycles. The number of imidazole rings is 2. The predicted octanol–water partition coefficient (Wildman–Crippen LogP) is 7.52. The second-order valence-electron chi connectivity index (χ2n) is 18.6. The molecule has 2 aromatic carbocycles. The maximum Gasteiger partial charge on any atom is 0.408 e. The van der Waals surface area contributed by atoms with Gasteiger partial charge in [-0.15, -0.1) is 25.3 Å². The summed E-state index contributed by atoms with van der Waals surface area (Å²) >= 11 is 9.95. The molecule has 2 bridgehead atoms. The van der Waals surface area contributed by atoms with Crippen LogP contribution in [0.2, 0.25) is 0 Å². The molecule has 2 aromatic heterocycles. The zero-order valence-corrected chi connectivity index (χ0v) is 38.5. The third-order valence-corrected chi connectivity index (χ3v) is 14.5. The molecule has 4 unspecified atom stereocenters. The van der Waals surface area contributed by atoms with Crippen LogP contribution in [-0.4, -0.2) is 96.6 Å². The number of carbonyl (C=O) groups is 4. The first-order valence-corrected chi connectivity index (χ1v) is 23.9. The molecule has 16 nitrogen and oxygen atoms in total. The van der Waals surface area contributed by atoms with E-state index in [9.17, 15) is 19.2 Å². The highest BCUT2D eigenvalue weighted by molar-refractivity contribution is 7.82. The molecule has 4 fully saturated rings. The number of hydrogen-bond donors (Lipinski definition) is 6. The van der Waals surface area contributed by atoms with Crippen LogP contribution < -0.4 is 15.4 Å². The molecule has 0 spiro atoms. The monoisotopic (exact) mass is 924 g/mol. The van der Waals surface area contributed by atoms with Gasteiger partial charge in [0.2, 0.25) is 5.91 Å². The minimum atomic E-state index is -1.42. The van der Waals surface area contributed by atoms with Crippen LogP contribution in [0, 0.1) is 5.92 Å². The van der Waals surface area contributed by atoms with Crippen molar-refractivity contribution < 1.29 is 38.1 Å². The highest BCUT2D eigenvalue weighted by atomic mass is 32.1. The van der Waals surface area contributed by atoms with E-state index in [4.69, 9.17) is 54.2 Å². The number of nitrogens with zero attached hydrogens (tertiary/aromatic N) is 4. The summed E-state index contributed by atoms with van der Waals surface area (Å²) < 4.78 is 23.3. The Labute approximate surface area is 388 Å². The number of aromatic nitrogens is 4.